The molecule has 0 saturated carbocycles. The molecule has 4 heterocycles. The number of amides is 2. The van der Waals surface area contributed by atoms with Crippen molar-refractivity contribution in [2.45, 2.75) is 226 Å². The summed E-state index contributed by atoms with van der Waals surface area (Å²) in [5.41, 5.74) is 0. The van der Waals surface area contributed by atoms with Gasteiger partial charge in [-0.25, -0.2) is 0 Å². The molecule has 0 spiro atoms. The molecule has 0 aliphatic carbocycles. The number of carboxylic acid groups (broad SMARTS) is 3. The van der Waals surface area contributed by atoms with Crippen LogP contribution in [0.25, 0.3) is 0 Å². The van der Waals surface area contributed by atoms with Gasteiger partial charge in [0.15, 0.2) is 25.2 Å². The van der Waals surface area contributed by atoms with Crippen LogP contribution in [0.5, 0.6) is 0 Å². The molecule has 2 amide bonds. The molecule has 4 fully saturated rings. The van der Waals surface area contributed by atoms with E-state index in [1.54, 1.807) is 9.80 Å². The van der Waals surface area contributed by atoms with E-state index in [0.29, 0.717) is 103 Å². The number of aliphatic carboxylic acids is 3. The number of ether oxygens (including phenoxy) is 8. The topological polar surface area (TPSA) is 588 Å². The number of carboxylic acids is 3. The second-order valence-corrected chi connectivity index (χ2v) is 25.6. The quantitative estimate of drug-likeness (QED) is 0.0252. The summed E-state index contributed by atoms with van der Waals surface area (Å²) in [5, 5.41) is 190. The van der Waals surface area contributed by atoms with Crippen molar-refractivity contribution in [2.75, 3.05) is 138 Å². The zero-order chi connectivity index (χ0) is 73.1. The molecule has 4 aliphatic rings. The maximum Gasteiger partial charge on any atom is 3.00 e. The molecule has 4 unspecified atom stereocenters. The van der Waals surface area contributed by atoms with Crippen LogP contribution in [0.1, 0.15) is 103 Å². The Morgan fingerprint density at radius 3 is 0.703 bits per heavy atom. The summed E-state index contributed by atoms with van der Waals surface area (Å²) in [4.78, 5) is 72.6. The van der Waals surface area contributed by atoms with E-state index in [0.717, 1.165) is 0 Å². The molecule has 0 aromatic carbocycles. The molecule has 38 nitrogen and oxygen atoms in total. The molecule has 19 N–H and O–H groups in total. The minimum Gasteiger partial charge on any atom is -2.00 e. The van der Waals surface area contributed by atoms with Gasteiger partial charge in [-0.05, 0) is 51.4 Å². The summed E-state index contributed by atoms with van der Waals surface area (Å²) in [6, 6.07) is 0. The van der Waals surface area contributed by atoms with Crippen molar-refractivity contribution in [3.05, 3.63) is 0 Å². The van der Waals surface area contributed by atoms with Crippen molar-refractivity contribution in [1.29, 1.82) is 0 Å². The normalized spacial score (nSPS) is 29.9. The zero-order valence-corrected chi connectivity index (χ0v) is 59.3. The Kier molecular flexibility index (Phi) is 48.5. The van der Waals surface area contributed by atoms with Crippen LogP contribution in [0, 0.1) is 39.9 Å². The fourth-order valence-electron chi connectivity index (χ4n) is 11.8. The Hall–Kier alpha value is -2.45. The molecule has 4 saturated heterocycles. The number of aliphatic hydroxyl groups is 16. The molecular weight excluding hydrogens is 1500 g/mol. The first kappa shape index (κ1) is 94.6. The Balaban J connectivity index is 0.0000173. The van der Waals surface area contributed by atoms with Crippen LogP contribution in [-0.4, -0.2) is 412 Å². The van der Waals surface area contributed by atoms with E-state index in [-0.39, 0.29) is 124 Å². The largest absolute Gasteiger partial charge is 3.00 e. The molecule has 0 bridgehead atoms. The second-order valence-electron chi connectivity index (χ2n) is 25.6. The maximum absolute atomic E-state index is 14.2. The summed E-state index contributed by atoms with van der Waals surface area (Å²) in [6.45, 7) is -4.28. The van der Waals surface area contributed by atoms with Crippen LogP contribution in [-0.2, 0) is 67.3 Å². The van der Waals surface area contributed by atoms with Crippen LogP contribution >= 0.6 is 0 Å². The number of carbonyl (C=O) groups is 5. The molecule has 0 aromatic heterocycles. The van der Waals surface area contributed by atoms with Crippen molar-refractivity contribution in [3.8, 4) is 0 Å². The standard InChI is InChI=1S/C62H113N5O32.Gd.O/c68-34-38-47(80)51(84)55(88)59(96-38)92-25-13-5-1-9-17-66(18-10-2-6-14-26-93-60-56(89)52(85)48(81)39(35-69)97-60)42(72)29-64(32-45(76)77)23-21-63(31-44(74)75)22-24-65(33-46(78)79)30-43(73)67(19-11-3-7-15-27-94-61-57(90)53(86)49(82)40(36-70)98-61)20-12-4-8-16-28-95-62-58(91)54(87)50(83)41(37-71)99-62;;/h38-41,47-62,68-71,80-91H,1-37H2,(H,74,75)(H,76,77)(H,78,79);;/q;+3;-2/t38-,39-,40+,41+,47+,48+,49-,50-,51-,52-,53+,54+,55-,56-,57+,58+,59?,60?,61?,62?;;. The van der Waals surface area contributed by atoms with Crippen molar-refractivity contribution in [2.24, 2.45) is 0 Å². The monoisotopic (exact) mass is 1610 g/mol. The van der Waals surface area contributed by atoms with Crippen LogP contribution in [0.15, 0.2) is 0 Å². The smallest absolute Gasteiger partial charge is 2.00 e. The minimum absolute atomic E-state index is 0. The van der Waals surface area contributed by atoms with Crippen LogP contribution in [0.2, 0.25) is 0 Å². The Morgan fingerprint density at radius 2 is 0.485 bits per heavy atom. The third kappa shape index (κ3) is 33.3. The van der Waals surface area contributed by atoms with Gasteiger partial charge in [-0.3, -0.25) is 38.7 Å². The van der Waals surface area contributed by atoms with Crippen LogP contribution in [0.4, 0.5) is 0 Å². The molecule has 0 aromatic rings. The predicted molar refractivity (Wildman–Crippen MR) is 339 cm³/mol. The second kappa shape index (κ2) is 51.8. The van der Waals surface area contributed by atoms with Gasteiger partial charge in [0.25, 0.3) is 0 Å². The number of aliphatic hydroxyl groups excluding tert-OH is 16. The first-order valence-corrected chi connectivity index (χ1v) is 34.3. The van der Waals surface area contributed by atoms with E-state index in [9.17, 15) is 121 Å². The van der Waals surface area contributed by atoms with Gasteiger partial charge in [0.2, 0.25) is 11.8 Å². The molecule has 591 valence electrons. The summed E-state index contributed by atoms with van der Waals surface area (Å²) in [5.74, 6) is -4.71. The van der Waals surface area contributed by atoms with E-state index in [2.05, 4.69) is 0 Å². The predicted octanol–water partition coefficient (Wildman–Crippen LogP) is -7.81. The maximum atomic E-state index is 14.2. The summed E-state index contributed by atoms with van der Waals surface area (Å²) >= 11 is 0. The average molecular weight is 1610 g/mol. The fraction of sp³-hybridized carbons (Fsp3) is 0.919. The van der Waals surface area contributed by atoms with Gasteiger partial charge in [-0.1, -0.05) is 51.4 Å². The van der Waals surface area contributed by atoms with Gasteiger partial charge >= 0.3 is 57.8 Å². The Morgan fingerprint density at radius 1 is 0.277 bits per heavy atom. The van der Waals surface area contributed by atoms with E-state index in [1.165, 1.54) is 14.7 Å². The Bertz CT molecular complexity index is 2020. The number of hydrogen-bond acceptors (Lipinski definition) is 32. The van der Waals surface area contributed by atoms with Gasteiger partial charge in [-0.2, -0.15) is 0 Å². The number of carbonyl (C=O) groups excluding carboxylic acids is 2. The molecule has 4 rings (SSSR count). The Labute approximate surface area is 618 Å². The van der Waals surface area contributed by atoms with Gasteiger partial charge in [0.1, 0.15) is 97.7 Å². The fourth-order valence-corrected chi connectivity index (χ4v) is 11.8. The summed E-state index contributed by atoms with van der Waals surface area (Å²) < 4.78 is 44.0. The van der Waals surface area contributed by atoms with Gasteiger partial charge in [-0.15, -0.1) is 0 Å². The van der Waals surface area contributed by atoms with E-state index in [4.69, 9.17) is 37.9 Å². The molecular formula is C62H113GdN5O33+. The third-order valence-corrected chi connectivity index (χ3v) is 17.8. The van der Waals surface area contributed by atoms with E-state index in [1.807, 2.05) is 0 Å². The number of nitrogens with zero attached hydrogens (tertiary/aromatic N) is 5. The van der Waals surface area contributed by atoms with E-state index < -0.39 is 212 Å². The molecule has 39 heteroatoms. The SMILES string of the molecule is O=C(O)CN(CCN(CC(=O)O)CC(=O)N(CCCCCCOC1O[C@@H](CO)[C@@H](O)[C@H](O)[C@@H]1O)CCCCCCOC1O[C@@H](CO)[C@@H](O)[C@H](O)[C@@H]1O)CCN(CC(=O)O)CC(=O)N(CCCCCCOC1O[C@H](CO)[C@H](O)[C@@H](O)[C@H]1O)CCCCCCOC1O[C@H](CO)[C@H](O)[C@@H](O)[C@H]1O.[Gd+3].[O-2]. The van der Waals surface area contributed by atoms with Gasteiger partial charge in [0, 0.05) is 78.8 Å². The molecule has 20 atom stereocenters. The zero-order valence-electron chi connectivity index (χ0n) is 57.0. The third-order valence-electron chi connectivity index (χ3n) is 17.8. The van der Waals surface area contributed by atoms with Crippen molar-refractivity contribution in [1.82, 2.24) is 24.5 Å². The van der Waals surface area contributed by atoms with Crippen molar-refractivity contribution < 1.29 is 204 Å². The van der Waals surface area contributed by atoms with Gasteiger partial charge in [0.05, 0.1) is 59.2 Å². The summed E-state index contributed by atoms with van der Waals surface area (Å²) in [7, 11) is 0. The number of rotatable bonds is 52. The van der Waals surface area contributed by atoms with Crippen LogP contribution in [0.3, 0.4) is 0 Å². The number of unbranched alkanes of at least 4 members (excludes halogenated alkanes) is 12. The minimum atomic E-state index is -1.61. The van der Waals surface area contributed by atoms with Crippen molar-refractivity contribution in [3.63, 3.8) is 0 Å². The average Bonchev–Trinajstić information content (AvgIpc) is 0.841. The molecule has 1 radical (unpaired) electrons. The van der Waals surface area contributed by atoms with Crippen LogP contribution < -0.4 is 0 Å². The van der Waals surface area contributed by atoms with E-state index >= 15 is 0 Å². The molecule has 101 heavy (non-hydrogen) atoms. The number of hydrogen-bond donors (Lipinski definition) is 19. The summed E-state index contributed by atoms with van der Waals surface area (Å²) in [6.07, 6.45) is -20.3. The first-order chi connectivity index (χ1) is 47.3. The van der Waals surface area contributed by atoms with Crippen molar-refractivity contribution >= 4 is 29.7 Å². The first-order valence-electron chi connectivity index (χ1n) is 34.3. The molecule has 4 aliphatic heterocycles. The van der Waals surface area contributed by atoms with Gasteiger partial charge < -0.3 is 150 Å².